The van der Waals surface area contributed by atoms with Crippen molar-refractivity contribution in [2.75, 3.05) is 33.9 Å². The second-order valence-corrected chi connectivity index (χ2v) is 7.26. The summed E-state index contributed by atoms with van der Waals surface area (Å²) in [7, 11) is 3.08. The molecular formula is C22H23N5O2. The monoisotopic (exact) mass is 389 g/mol. The second kappa shape index (κ2) is 7.95. The van der Waals surface area contributed by atoms with Crippen LogP contribution in [0.5, 0.6) is 11.5 Å². The van der Waals surface area contributed by atoms with Crippen LogP contribution in [0, 0.1) is 56.7 Å². The number of nitrogens with zero attached hydrogens (tertiary/aromatic N) is 4. The number of rotatable bonds is 4. The van der Waals surface area contributed by atoms with Crippen LogP contribution in [-0.4, -0.2) is 44.5 Å². The van der Waals surface area contributed by atoms with E-state index in [1.54, 1.807) is 25.3 Å². The van der Waals surface area contributed by atoms with Crippen molar-refractivity contribution in [2.24, 2.45) is 17.3 Å². The summed E-state index contributed by atoms with van der Waals surface area (Å²) >= 11 is 0. The highest BCUT2D eigenvalue weighted by molar-refractivity contribution is 6.01. The van der Waals surface area contributed by atoms with Crippen molar-refractivity contribution in [2.45, 2.75) is 12.8 Å². The van der Waals surface area contributed by atoms with Gasteiger partial charge in [0.05, 0.1) is 38.1 Å². The fraction of sp³-hybridized carbons (Fsp3) is 0.455. The van der Waals surface area contributed by atoms with Crippen molar-refractivity contribution in [1.29, 1.82) is 21.2 Å². The van der Waals surface area contributed by atoms with Crippen LogP contribution in [0.4, 0.5) is 0 Å². The number of hydrogen-bond donors (Lipinski definition) is 1. The quantitative estimate of drug-likeness (QED) is 0.791. The smallest absolute Gasteiger partial charge is 0.189 e. The molecule has 0 amide bonds. The van der Waals surface area contributed by atoms with Crippen molar-refractivity contribution >= 4 is 5.71 Å². The van der Waals surface area contributed by atoms with E-state index in [4.69, 9.17) is 14.9 Å². The lowest BCUT2D eigenvalue weighted by molar-refractivity contribution is 0.209. The lowest BCUT2D eigenvalue weighted by Gasteiger charge is -2.47. The molecule has 3 atom stereocenters. The Morgan fingerprint density at radius 1 is 1.21 bits per heavy atom. The maximum atomic E-state index is 10.1. The van der Waals surface area contributed by atoms with Crippen LogP contribution in [0.2, 0.25) is 0 Å². The lowest BCUT2D eigenvalue weighted by atomic mass is 9.54. The Kier molecular flexibility index (Phi) is 5.59. The maximum absolute atomic E-state index is 10.1. The molecule has 7 heteroatoms. The van der Waals surface area contributed by atoms with Crippen LogP contribution in [0.15, 0.2) is 29.8 Å². The van der Waals surface area contributed by atoms with E-state index in [1.165, 1.54) is 7.11 Å². The first-order valence-corrected chi connectivity index (χ1v) is 9.46. The van der Waals surface area contributed by atoms with E-state index < -0.39 is 17.3 Å². The average molecular weight is 389 g/mol. The van der Waals surface area contributed by atoms with E-state index in [9.17, 15) is 15.8 Å². The van der Waals surface area contributed by atoms with Crippen LogP contribution in [-0.2, 0) is 0 Å². The third-order valence-corrected chi connectivity index (χ3v) is 6.08. The summed E-state index contributed by atoms with van der Waals surface area (Å²) in [4.78, 5) is 2.21. The fourth-order valence-corrected chi connectivity index (χ4v) is 4.55. The summed E-state index contributed by atoms with van der Waals surface area (Å²) in [5, 5.41) is 38.7. The number of fused-ring (bicyclic) bond motifs is 1. The first kappa shape index (κ1) is 20.4. The molecule has 0 aromatic heterocycles. The maximum Gasteiger partial charge on any atom is 0.189 e. The molecule has 1 unspecified atom stereocenters. The number of nitrogens with one attached hydrogen (secondary N) is 1. The summed E-state index contributed by atoms with van der Waals surface area (Å²) in [6.45, 7) is 4.14. The zero-order chi connectivity index (χ0) is 21.2. The average Bonchev–Trinajstić information content (AvgIpc) is 2.77. The summed E-state index contributed by atoms with van der Waals surface area (Å²) < 4.78 is 10.9. The molecule has 1 aliphatic carbocycles. The van der Waals surface area contributed by atoms with Crippen molar-refractivity contribution in [3.63, 3.8) is 0 Å². The summed E-state index contributed by atoms with van der Waals surface area (Å²) in [5.41, 5.74) is -0.464. The van der Waals surface area contributed by atoms with Crippen LogP contribution >= 0.6 is 0 Å². The van der Waals surface area contributed by atoms with E-state index in [2.05, 4.69) is 30.0 Å². The molecule has 1 aliphatic heterocycles. The van der Waals surface area contributed by atoms with Gasteiger partial charge in [-0.2, -0.15) is 15.8 Å². The van der Waals surface area contributed by atoms with Gasteiger partial charge in [0, 0.05) is 30.5 Å². The topological polar surface area (TPSA) is 117 Å². The first-order chi connectivity index (χ1) is 14.0. The van der Waals surface area contributed by atoms with Gasteiger partial charge in [-0.1, -0.05) is 13.0 Å². The first-order valence-electron chi connectivity index (χ1n) is 9.46. The largest absolute Gasteiger partial charge is 0.497 e. The zero-order valence-electron chi connectivity index (χ0n) is 16.8. The zero-order valence-corrected chi connectivity index (χ0v) is 16.8. The van der Waals surface area contributed by atoms with Gasteiger partial charge in [0.2, 0.25) is 0 Å². The minimum absolute atomic E-state index is 0.160. The van der Waals surface area contributed by atoms with Crippen LogP contribution in [0.1, 0.15) is 18.4 Å². The number of nitriles is 3. The molecule has 29 heavy (non-hydrogen) atoms. The van der Waals surface area contributed by atoms with E-state index in [0.717, 1.165) is 12.1 Å². The number of methoxy groups -OCH3 is 2. The highest BCUT2D eigenvalue weighted by Gasteiger charge is 2.58. The van der Waals surface area contributed by atoms with Crippen molar-refractivity contribution < 1.29 is 9.47 Å². The van der Waals surface area contributed by atoms with Crippen molar-refractivity contribution in [1.82, 2.24) is 4.90 Å². The number of likely N-dealkylation sites (N-methyl/N-ethyl adjacent to an activating group) is 1. The van der Waals surface area contributed by atoms with Gasteiger partial charge >= 0.3 is 0 Å². The lowest BCUT2D eigenvalue weighted by Crippen LogP contribution is -2.52. The van der Waals surface area contributed by atoms with Crippen molar-refractivity contribution in [3.05, 3.63) is 35.4 Å². The molecule has 148 valence electrons. The predicted molar refractivity (Wildman–Crippen MR) is 106 cm³/mol. The Morgan fingerprint density at radius 2 is 1.93 bits per heavy atom. The minimum Gasteiger partial charge on any atom is -0.497 e. The fourth-order valence-electron chi connectivity index (χ4n) is 4.55. The summed E-state index contributed by atoms with van der Waals surface area (Å²) in [5.74, 6) is -0.677. The molecule has 0 bridgehead atoms. The molecule has 0 spiro atoms. The predicted octanol–water partition coefficient (Wildman–Crippen LogP) is 2.87. The van der Waals surface area contributed by atoms with Crippen LogP contribution in [0.3, 0.4) is 0 Å². The molecule has 2 aliphatic rings. The molecule has 3 rings (SSSR count). The van der Waals surface area contributed by atoms with Crippen LogP contribution in [0.25, 0.3) is 0 Å². The van der Waals surface area contributed by atoms with Gasteiger partial charge in [-0.15, -0.1) is 0 Å². The van der Waals surface area contributed by atoms with Gasteiger partial charge in [0.1, 0.15) is 17.4 Å². The Morgan fingerprint density at radius 3 is 2.48 bits per heavy atom. The Labute approximate surface area is 170 Å². The molecule has 1 heterocycles. The third kappa shape index (κ3) is 3.03. The number of benzene rings is 1. The molecule has 1 N–H and O–H groups in total. The highest BCUT2D eigenvalue weighted by Crippen LogP contribution is 2.55. The van der Waals surface area contributed by atoms with Gasteiger partial charge in [-0.3, -0.25) is 4.90 Å². The molecule has 1 aromatic rings. The van der Waals surface area contributed by atoms with Gasteiger partial charge in [-0.05, 0) is 30.3 Å². The standard InChI is InChI=1S/C22H23N5O2/c1-4-27-8-7-15-17(10-23)21(26)22(12-24,13-25)20(18(15)11-27)16-9-14(28-2)5-6-19(16)29-3/h5-7,9,17-18,20,26H,4,8,11H2,1-3H3/t17?,18-,20+/m1/s1. The number of hydrogen-bond acceptors (Lipinski definition) is 7. The Balaban J connectivity index is 2.32. The Bertz CT molecular complexity index is 964. The van der Waals surface area contributed by atoms with E-state index in [-0.39, 0.29) is 11.6 Å². The third-order valence-electron chi connectivity index (χ3n) is 6.08. The van der Waals surface area contributed by atoms with E-state index in [1.807, 2.05) is 6.08 Å². The summed E-state index contributed by atoms with van der Waals surface area (Å²) in [6.07, 6.45) is 1.98. The molecule has 1 saturated carbocycles. The van der Waals surface area contributed by atoms with E-state index >= 15 is 0 Å². The normalized spacial score (nSPS) is 25.6. The van der Waals surface area contributed by atoms with Gasteiger partial charge in [0.15, 0.2) is 5.41 Å². The van der Waals surface area contributed by atoms with Crippen molar-refractivity contribution in [3.8, 4) is 29.7 Å². The SMILES string of the molecule is CCN1CC=C2C(C#N)C(=N)C(C#N)(C#N)[C@@H](c3cc(OC)ccc3OC)[C@@H]2C1. The molecular weight excluding hydrogens is 366 g/mol. The van der Waals surface area contributed by atoms with Crippen LogP contribution < -0.4 is 9.47 Å². The molecule has 0 radical (unpaired) electrons. The molecule has 1 aromatic carbocycles. The van der Waals surface area contributed by atoms with Gasteiger partial charge in [-0.25, -0.2) is 0 Å². The van der Waals surface area contributed by atoms with Gasteiger partial charge < -0.3 is 14.9 Å². The summed E-state index contributed by atoms with van der Waals surface area (Å²) in [6, 6.07) is 11.6. The number of ether oxygens (including phenoxy) is 2. The highest BCUT2D eigenvalue weighted by atomic mass is 16.5. The second-order valence-electron chi connectivity index (χ2n) is 7.26. The molecule has 0 saturated heterocycles. The minimum atomic E-state index is -1.77. The molecule has 7 nitrogen and oxygen atoms in total. The van der Waals surface area contributed by atoms with E-state index in [0.29, 0.717) is 30.2 Å². The Hall–Kier alpha value is -3.34. The van der Waals surface area contributed by atoms with Gasteiger partial charge in [0.25, 0.3) is 0 Å². The molecule has 1 fully saturated rings.